The maximum absolute atomic E-state index is 6.18. The Kier molecular flexibility index (Phi) is 6.65. The van der Waals surface area contributed by atoms with E-state index in [4.69, 9.17) is 9.40 Å². The molecule has 0 aliphatic heterocycles. The van der Waals surface area contributed by atoms with E-state index in [1.807, 2.05) is 30.3 Å². The summed E-state index contributed by atoms with van der Waals surface area (Å²) in [5, 5.41) is 2.44. The smallest absolute Gasteiger partial charge is 0.227 e. The van der Waals surface area contributed by atoms with E-state index in [1.54, 1.807) is 11.3 Å². The predicted molar refractivity (Wildman–Crippen MR) is 198 cm³/mol. The minimum absolute atomic E-state index is 0.656. The Bertz CT molecular complexity index is 2480. The highest BCUT2D eigenvalue weighted by atomic mass is 32.1. The number of aromatic nitrogens is 1. The van der Waals surface area contributed by atoms with Gasteiger partial charge in [0.15, 0.2) is 5.58 Å². The zero-order chi connectivity index (χ0) is 31.2. The summed E-state index contributed by atoms with van der Waals surface area (Å²) >= 11 is 1.80. The van der Waals surface area contributed by atoms with Crippen LogP contribution < -0.4 is 4.90 Å². The van der Waals surface area contributed by atoms with E-state index in [0.717, 1.165) is 33.7 Å². The second-order valence-electron chi connectivity index (χ2n) is 11.6. The van der Waals surface area contributed by atoms with Gasteiger partial charge in [-0.1, -0.05) is 103 Å². The lowest BCUT2D eigenvalue weighted by atomic mass is 10.0. The van der Waals surface area contributed by atoms with Gasteiger partial charge in [-0.15, -0.1) is 11.3 Å². The van der Waals surface area contributed by atoms with Crippen molar-refractivity contribution in [1.29, 1.82) is 0 Å². The summed E-state index contributed by atoms with van der Waals surface area (Å²) < 4.78 is 8.65. The molecule has 0 saturated heterocycles. The first-order valence-corrected chi connectivity index (χ1v) is 16.5. The number of fused-ring (bicyclic) bond motifs is 4. The van der Waals surface area contributed by atoms with Crippen molar-refractivity contribution < 1.29 is 4.42 Å². The fraction of sp³-hybridized carbons (Fsp3) is 0. The SMILES string of the molecule is c1ccc(-c2ccc(N(c3ccccc3)c3ccc(-c4ccc5c(c4)sc4cc6nc(-c7ccccc7)oc6cc45)cc3)cc2)cc1. The average molecular weight is 621 g/mol. The summed E-state index contributed by atoms with van der Waals surface area (Å²) in [4.78, 5) is 7.09. The number of hydrogen-bond acceptors (Lipinski definition) is 4. The van der Waals surface area contributed by atoms with E-state index < -0.39 is 0 Å². The van der Waals surface area contributed by atoms with Crippen LogP contribution in [0.25, 0.3) is 65.0 Å². The van der Waals surface area contributed by atoms with Crippen molar-refractivity contribution in [3.8, 4) is 33.7 Å². The molecule has 0 spiro atoms. The molecule has 0 aliphatic carbocycles. The highest BCUT2D eigenvalue weighted by Gasteiger charge is 2.15. The Morgan fingerprint density at radius 2 is 0.936 bits per heavy atom. The summed E-state index contributed by atoms with van der Waals surface area (Å²) in [6, 6.07) is 59.9. The van der Waals surface area contributed by atoms with Gasteiger partial charge in [0, 0.05) is 42.8 Å². The van der Waals surface area contributed by atoms with Crippen molar-refractivity contribution in [3.63, 3.8) is 0 Å². The number of anilines is 3. The van der Waals surface area contributed by atoms with Crippen LogP contribution in [-0.2, 0) is 0 Å². The fourth-order valence-corrected chi connectivity index (χ4v) is 7.50. The lowest BCUT2D eigenvalue weighted by Crippen LogP contribution is -2.09. The number of oxazole rings is 1. The van der Waals surface area contributed by atoms with Crippen LogP contribution in [0.3, 0.4) is 0 Å². The Balaban J connectivity index is 1.04. The monoisotopic (exact) mass is 620 g/mol. The largest absolute Gasteiger partial charge is 0.436 e. The standard InChI is InChI=1S/C43H28N2OS/c1-4-10-29(11-5-1)30-16-21-35(22-17-30)45(34-14-8-3-9-15-34)36-23-18-31(19-24-36)33-20-25-37-38-27-40-39(28-42(38)47-41(37)26-33)44-43(46-40)32-12-6-2-7-13-32/h1-28H. The second kappa shape index (κ2) is 11.4. The molecule has 222 valence electrons. The molecule has 4 heteroatoms. The highest BCUT2D eigenvalue weighted by molar-refractivity contribution is 7.25. The number of nitrogens with zero attached hydrogens (tertiary/aromatic N) is 2. The second-order valence-corrected chi connectivity index (χ2v) is 12.7. The third kappa shape index (κ3) is 5.05. The molecule has 0 fully saturated rings. The topological polar surface area (TPSA) is 29.3 Å². The quantitative estimate of drug-likeness (QED) is 0.185. The maximum atomic E-state index is 6.18. The molecule has 0 atom stereocenters. The normalized spacial score (nSPS) is 11.4. The van der Waals surface area contributed by atoms with Gasteiger partial charge >= 0.3 is 0 Å². The fourth-order valence-electron chi connectivity index (χ4n) is 6.34. The van der Waals surface area contributed by atoms with Gasteiger partial charge in [-0.05, 0) is 89.0 Å². The summed E-state index contributed by atoms with van der Waals surface area (Å²) in [6.07, 6.45) is 0. The average Bonchev–Trinajstić information content (AvgIpc) is 3.72. The van der Waals surface area contributed by atoms with Crippen LogP contribution in [0.1, 0.15) is 0 Å². The van der Waals surface area contributed by atoms with Gasteiger partial charge in [-0.25, -0.2) is 4.98 Å². The van der Waals surface area contributed by atoms with Crippen LogP contribution >= 0.6 is 11.3 Å². The van der Waals surface area contributed by atoms with E-state index in [0.29, 0.717) is 5.89 Å². The van der Waals surface area contributed by atoms with Crippen molar-refractivity contribution in [2.45, 2.75) is 0 Å². The van der Waals surface area contributed by atoms with Gasteiger partial charge in [-0.3, -0.25) is 0 Å². The lowest BCUT2D eigenvalue weighted by molar-refractivity contribution is 0.620. The molecular formula is C43H28N2OS. The van der Waals surface area contributed by atoms with Crippen LogP contribution in [-0.4, -0.2) is 4.98 Å². The van der Waals surface area contributed by atoms with Crippen molar-refractivity contribution >= 4 is 59.7 Å². The molecule has 2 aromatic heterocycles. The number of rotatable bonds is 6. The van der Waals surface area contributed by atoms with Crippen molar-refractivity contribution in [3.05, 3.63) is 170 Å². The summed E-state index contributed by atoms with van der Waals surface area (Å²) in [5.41, 5.74) is 10.8. The summed E-state index contributed by atoms with van der Waals surface area (Å²) in [6.45, 7) is 0. The molecule has 0 radical (unpaired) electrons. The van der Waals surface area contributed by atoms with Crippen LogP contribution in [0.2, 0.25) is 0 Å². The Labute approximate surface area is 276 Å². The Morgan fingerprint density at radius 1 is 0.426 bits per heavy atom. The Morgan fingerprint density at radius 3 is 1.60 bits per heavy atom. The first-order valence-electron chi connectivity index (χ1n) is 15.7. The first-order chi connectivity index (χ1) is 23.3. The molecule has 0 unspecified atom stereocenters. The van der Waals surface area contributed by atoms with E-state index in [2.05, 4.69) is 144 Å². The van der Waals surface area contributed by atoms with Gasteiger partial charge in [0.25, 0.3) is 0 Å². The van der Waals surface area contributed by atoms with E-state index in [-0.39, 0.29) is 0 Å². The molecular weight excluding hydrogens is 593 g/mol. The van der Waals surface area contributed by atoms with Gasteiger partial charge in [0.1, 0.15) is 5.52 Å². The van der Waals surface area contributed by atoms with Crippen LogP contribution in [0.5, 0.6) is 0 Å². The molecule has 7 aromatic carbocycles. The molecule has 0 N–H and O–H groups in total. The number of benzene rings is 7. The lowest BCUT2D eigenvalue weighted by Gasteiger charge is -2.26. The highest BCUT2D eigenvalue weighted by Crippen LogP contribution is 2.40. The van der Waals surface area contributed by atoms with Crippen LogP contribution in [0.15, 0.2) is 174 Å². The summed E-state index contributed by atoms with van der Waals surface area (Å²) in [5.74, 6) is 0.656. The zero-order valence-corrected chi connectivity index (χ0v) is 26.2. The molecule has 9 aromatic rings. The minimum Gasteiger partial charge on any atom is -0.436 e. The molecule has 47 heavy (non-hydrogen) atoms. The Hall–Kier alpha value is -5.97. The molecule has 3 nitrogen and oxygen atoms in total. The third-order valence-electron chi connectivity index (χ3n) is 8.71. The maximum Gasteiger partial charge on any atom is 0.227 e. The van der Waals surface area contributed by atoms with Gasteiger partial charge in [0.05, 0.1) is 0 Å². The van der Waals surface area contributed by atoms with Gasteiger partial charge in [0.2, 0.25) is 5.89 Å². The molecule has 2 heterocycles. The molecule has 0 saturated carbocycles. The zero-order valence-electron chi connectivity index (χ0n) is 25.4. The third-order valence-corrected chi connectivity index (χ3v) is 9.82. The minimum atomic E-state index is 0.656. The van der Waals surface area contributed by atoms with Crippen LogP contribution in [0, 0.1) is 0 Å². The first kappa shape index (κ1) is 27.3. The molecule has 9 rings (SSSR count). The predicted octanol–water partition coefficient (Wildman–Crippen LogP) is 12.7. The van der Waals surface area contributed by atoms with Crippen LogP contribution in [0.4, 0.5) is 17.1 Å². The number of thiophene rings is 1. The molecule has 0 bridgehead atoms. The molecule has 0 amide bonds. The van der Waals surface area contributed by atoms with Crippen molar-refractivity contribution in [2.75, 3.05) is 4.90 Å². The number of hydrogen-bond donors (Lipinski definition) is 0. The van der Waals surface area contributed by atoms with Crippen molar-refractivity contribution in [2.24, 2.45) is 0 Å². The van der Waals surface area contributed by atoms with Gasteiger partial charge < -0.3 is 9.32 Å². The van der Waals surface area contributed by atoms with E-state index >= 15 is 0 Å². The number of para-hydroxylation sites is 1. The van der Waals surface area contributed by atoms with Crippen molar-refractivity contribution in [1.82, 2.24) is 4.98 Å². The van der Waals surface area contributed by atoms with Gasteiger partial charge in [-0.2, -0.15) is 0 Å². The summed E-state index contributed by atoms with van der Waals surface area (Å²) in [7, 11) is 0. The van der Waals surface area contributed by atoms with E-state index in [1.165, 1.54) is 42.4 Å². The van der Waals surface area contributed by atoms with E-state index in [9.17, 15) is 0 Å². The molecule has 0 aliphatic rings.